The number of rotatable bonds is 3. The average molecular weight is 269 g/mol. The molecule has 0 fully saturated rings. The van der Waals surface area contributed by atoms with Gasteiger partial charge in [0.25, 0.3) is 0 Å². The summed E-state index contributed by atoms with van der Waals surface area (Å²) in [6.07, 6.45) is 0.453. The Hall–Kier alpha value is -1.05. The van der Waals surface area contributed by atoms with E-state index in [-0.39, 0.29) is 11.2 Å². The molecule has 0 bridgehead atoms. The zero-order chi connectivity index (χ0) is 12.3. The molecule has 1 unspecified atom stereocenters. The van der Waals surface area contributed by atoms with Crippen LogP contribution in [-0.2, 0) is 6.42 Å². The molecule has 0 amide bonds. The summed E-state index contributed by atoms with van der Waals surface area (Å²) in [6.45, 7) is 0. The molecule has 0 saturated heterocycles. The third kappa shape index (κ3) is 3.21. The minimum Gasteiger partial charge on any atom is -0.207 e. The minimum atomic E-state index is -0.273. The molecule has 2 rings (SSSR count). The maximum absolute atomic E-state index is 13.5. The van der Waals surface area contributed by atoms with Crippen LogP contribution in [0.15, 0.2) is 48.5 Å². The van der Waals surface area contributed by atoms with Gasteiger partial charge in [0, 0.05) is 5.02 Å². The van der Waals surface area contributed by atoms with Crippen LogP contribution in [-0.4, -0.2) is 0 Å². The van der Waals surface area contributed by atoms with Crippen molar-refractivity contribution in [2.75, 3.05) is 0 Å². The van der Waals surface area contributed by atoms with Crippen LogP contribution in [0.25, 0.3) is 0 Å². The number of benzene rings is 2. The Morgan fingerprint density at radius 3 is 2.53 bits per heavy atom. The smallest absolute Gasteiger partial charge is 0.126 e. The van der Waals surface area contributed by atoms with Gasteiger partial charge in [0.05, 0.1) is 5.38 Å². The van der Waals surface area contributed by atoms with Gasteiger partial charge in [0.2, 0.25) is 0 Å². The van der Waals surface area contributed by atoms with Crippen LogP contribution in [0.3, 0.4) is 0 Å². The summed E-state index contributed by atoms with van der Waals surface area (Å²) in [5.74, 6) is -0.222. The van der Waals surface area contributed by atoms with E-state index in [9.17, 15) is 4.39 Å². The van der Waals surface area contributed by atoms with Crippen molar-refractivity contribution in [1.82, 2.24) is 0 Å². The molecule has 88 valence electrons. The molecule has 2 aromatic rings. The number of halogens is 3. The molecule has 0 nitrogen and oxygen atoms in total. The van der Waals surface area contributed by atoms with E-state index in [1.807, 2.05) is 12.1 Å². The molecule has 0 saturated carbocycles. The summed E-state index contributed by atoms with van der Waals surface area (Å²) in [6, 6.07) is 14.0. The summed E-state index contributed by atoms with van der Waals surface area (Å²) in [5.41, 5.74) is 1.52. The number of hydrogen-bond donors (Lipinski definition) is 0. The van der Waals surface area contributed by atoms with Gasteiger partial charge in [0.1, 0.15) is 5.82 Å². The van der Waals surface area contributed by atoms with E-state index in [0.717, 1.165) is 5.56 Å². The van der Waals surface area contributed by atoms with E-state index in [1.165, 1.54) is 6.07 Å². The Bertz CT molecular complexity index is 511. The van der Waals surface area contributed by atoms with Crippen molar-refractivity contribution >= 4 is 23.2 Å². The highest BCUT2D eigenvalue weighted by Gasteiger charge is 2.11. The van der Waals surface area contributed by atoms with E-state index < -0.39 is 0 Å². The lowest BCUT2D eigenvalue weighted by atomic mass is 10.0. The standard InChI is InChI=1S/C14H11Cl2F/c15-12-6-3-5-10(8-12)13(16)9-11-4-1-2-7-14(11)17/h1-8,13H,9H2. The Labute approximate surface area is 110 Å². The Kier molecular flexibility index (Phi) is 4.03. The van der Waals surface area contributed by atoms with Crippen LogP contribution in [0, 0.1) is 5.82 Å². The van der Waals surface area contributed by atoms with E-state index >= 15 is 0 Å². The van der Waals surface area contributed by atoms with Crippen LogP contribution >= 0.6 is 23.2 Å². The predicted octanol–water partition coefficient (Wildman–Crippen LogP) is 5.00. The molecule has 0 aliphatic heterocycles. The molecule has 0 spiro atoms. The van der Waals surface area contributed by atoms with Gasteiger partial charge < -0.3 is 0 Å². The largest absolute Gasteiger partial charge is 0.207 e. The molecule has 0 aliphatic carbocycles. The second-order valence-electron chi connectivity index (χ2n) is 3.82. The van der Waals surface area contributed by atoms with Gasteiger partial charge in [-0.15, -0.1) is 11.6 Å². The maximum atomic E-state index is 13.5. The Morgan fingerprint density at radius 1 is 1.06 bits per heavy atom. The molecule has 2 aromatic carbocycles. The number of hydrogen-bond acceptors (Lipinski definition) is 0. The highest BCUT2D eigenvalue weighted by molar-refractivity contribution is 6.30. The third-order valence-corrected chi connectivity index (χ3v) is 3.21. The fourth-order valence-corrected chi connectivity index (χ4v) is 2.18. The molecule has 3 heteroatoms. The second kappa shape index (κ2) is 5.52. The van der Waals surface area contributed by atoms with Crippen LogP contribution in [0.4, 0.5) is 4.39 Å². The number of alkyl halides is 1. The van der Waals surface area contributed by atoms with Crippen molar-refractivity contribution in [1.29, 1.82) is 0 Å². The summed E-state index contributed by atoms with van der Waals surface area (Å²) in [5, 5.41) is 0.368. The lowest BCUT2D eigenvalue weighted by molar-refractivity contribution is 0.607. The van der Waals surface area contributed by atoms with Gasteiger partial charge in [-0.3, -0.25) is 0 Å². The predicted molar refractivity (Wildman–Crippen MR) is 70.2 cm³/mol. The normalized spacial score (nSPS) is 12.4. The topological polar surface area (TPSA) is 0 Å². The quantitative estimate of drug-likeness (QED) is 0.688. The molecule has 0 radical (unpaired) electrons. The van der Waals surface area contributed by atoms with E-state index in [1.54, 1.807) is 30.3 Å². The third-order valence-electron chi connectivity index (χ3n) is 2.57. The van der Waals surface area contributed by atoms with Crippen molar-refractivity contribution in [3.8, 4) is 0 Å². The first-order valence-corrected chi connectivity index (χ1v) is 6.11. The van der Waals surface area contributed by atoms with Crippen LogP contribution < -0.4 is 0 Å². The fraction of sp³-hybridized carbons (Fsp3) is 0.143. The highest BCUT2D eigenvalue weighted by atomic mass is 35.5. The highest BCUT2D eigenvalue weighted by Crippen LogP contribution is 2.27. The summed E-state index contributed by atoms with van der Waals surface area (Å²) in [7, 11) is 0. The molecule has 0 heterocycles. The lowest BCUT2D eigenvalue weighted by Gasteiger charge is -2.10. The summed E-state index contributed by atoms with van der Waals surface area (Å²) < 4.78 is 13.5. The molecule has 0 aliphatic rings. The second-order valence-corrected chi connectivity index (χ2v) is 4.78. The van der Waals surface area contributed by atoms with Crippen molar-refractivity contribution < 1.29 is 4.39 Å². The van der Waals surface area contributed by atoms with Crippen molar-refractivity contribution in [3.05, 3.63) is 70.5 Å². The SMILES string of the molecule is Fc1ccccc1CC(Cl)c1cccc(Cl)c1. The van der Waals surface area contributed by atoms with Gasteiger partial charge in [-0.1, -0.05) is 41.9 Å². The summed E-state index contributed by atoms with van der Waals surface area (Å²) in [4.78, 5) is 0. The Morgan fingerprint density at radius 2 is 1.82 bits per heavy atom. The van der Waals surface area contributed by atoms with Gasteiger partial charge in [-0.2, -0.15) is 0 Å². The molecule has 0 N–H and O–H groups in total. The fourth-order valence-electron chi connectivity index (χ4n) is 1.68. The van der Waals surface area contributed by atoms with E-state index in [2.05, 4.69) is 0 Å². The van der Waals surface area contributed by atoms with Crippen molar-refractivity contribution in [2.45, 2.75) is 11.8 Å². The van der Waals surface area contributed by atoms with Crippen LogP contribution in [0.5, 0.6) is 0 Å². The molecule has 1 atom stereocenters. The summed E-state index contributed by atoms with van der Waals surface area (Å²) >= 11 is 12.1. The first kappa shape index (κ1) is 12.4. The van der Waals surface area contributed by atoms with Crippen LogP contribution in [0.2, 0.25) is 5.02 Å². The van der Waals surface area contributed by atoms with Gasteiger partial charge in [0.15, 0.2) is 0 Å². The zero-order valence-electron chi connectivity index (χ0n) is 9.04. The minimum absolute atomic E-state index is 0.222. The molecular formula is C14H11Cl2F. The molecule has 17 heavy (non-hydrogen) atoms. The van der Waals surface area contributed by atoms with Gasteiger partial charge in [-0.05, 0) is 35.7 Å². The maximum Gasteiger partial charge on any atom is 0.126 e. The van der Waals surface area contributed by atoms with Crippen molar-refractivity contribution in [3.63, 3.8) is 0 Å². The van der Waals surface area contributed by atoms with Gasteiger partial charge in [-0.25, -0.2) is 4.39 Å². The zero-order valence-corrected chi connectivity index (χ0v) is 10.5. The monoisotopic (exact) mass is 268 g/mol. The Balaban J connectivity index is 2.17. The molecule has 0 aromatic heterocycles. The van der Waals surface area contributed by atoms with Crippen LogP contribution in [0.1, 0.15) is 16.5 Å². The molecular weight excluding hydrogens is 258 g/mol. The van der Waals surface area contributed by atoms with E-state index in [4.69, 9.17) is 23.2 Å². The average Bonchev–Trinajstić information content (AvgIpc) is 2.32. The van der Waals surface area contributed by atoms with E-state index in [0.29, 0.717) is 17.0 Å². The lowest BCUT2D eigenvalue weighted by Crippen LogP contribution is -1.98. The first-order valence-electron chi connectivity index (χ1n) is 5.30. The van der Waals surface area contributed by atoms with Crippen molar-refractivity contribution in [2.24, 2.45) is 0 Å². The van der Waals surface area contributed by atoms with Gasteiger partial charge >= 0.3 is 0 Å². The first-order chi connectivity index (χ1) is 8.16.